The predicted molar refractivity (Wildman–Crippen MR) is 103 cm³/mol. The van der Waals surface area contributed by atoms with Gasteiger partial charge in [-0.25, -0.2) is 0 Å². The number of nitrogens with one attached hydrogen (secondary N) is 1. The van der Waals surface area contributed by atoms with Crippen LogP contribution in [0.4, 0.5) is 0 Å². The first kappa shape index (κ1) is 18.9. The SMILES string of the molecule is COc1ccccc1CNC(=O)CN(Cc1cccs1)C[C@H]1CCCO1. The molecule has 0 bridgehead atoms. The zero-order chi connectivity index (χ0) is 18.2. The van der Waals surface area contributed by atoms with Crippen molar-refractivity contribution in [1.82, 2.24) is 10.2 Å². The molecule has 3 rings (SSSR count). The molecule has 26 heavy (non-hydrogen) atoms. The highest BCUT2D eigenvalue weighted by Crippen LogP contribution is 2.18. The van der Waals surface area contributed by atoms with E-state index >= 15 is 0 Å². The van der Waals surface area contributed by atoms with Crippen LogP contribution in [0.2, 0.25) is 0 Å². The molecule has 0 saturated carbocycles. The van der Waals surface area contributed by atoms with Crippen molar-refractivity contribution >= 4 is 17.2 Å². The molecule has 1 N–H and O–H groups in total. The summed E-state index contributed by atoms with van der Waals surface area (Å²) in [4.78, 5) is 15.9. The van der Waals surface area contributed by atoms with Gasteiger partial charge in [0.25, 0.3) is 0 Å². The van der Waals surface area contributed by atoms with Gasteiger partial charge in [0, 0.05) is 36.7 Å². The van der Waals surface area contributed by atoms with Gasteiger partial charge in [0.15, 0.2) is 0 Å². The van der Waals surface area contributed by atoms with Gasteiger partial charge in [-0.15, -0.1) is 11.3 Å². The van der Waals surface area contributed by atoms with E-state index in [1.54, 1.807) is 18.4 Å². The lowest BCUT2D eigenvalue weighted by atomic mass is 10.2. The lowest BCUT2D eigenvalue weighted by molar-refractivity contribution is -0.122. The van der Waals surface area contributed by atoms with E-state index in [4.69, 9.17) is 9.47 Å². The molecule has 1 aliphatic rings. The molecule has 1 aliphatic heterocycles. The van der Waals surface area contributed by atoms with Crippen molar-refractivity contribution in [1.29, 1.82) is 0 Å². The van der Waals surface area contributed by atoms with Crippen molar-refractivity contribution in [3.63, 3.8) is 0 Å². The topological polar surface area (TPSA) is 50.8 Å². The number of thiophene rings is 1. The maximum atomic E-state index is 12.5. The van der Waals surface area contributed by atoms with E-state index < -0.39 is 0 Å². The van der Waals surface area contributed by atoms with Crippen LogP contribution in [0, 0.1) is 0 Å². The third-order valence-corrected chi connectivity index (χ3v) is 5.34. The first-order chi connectivity index (χ1) is 12.7. The van der Waals surface area contributed by atoms with Crippen LogP contribution in [0.5, 0.6) is 5.75 Å². The molecule has 1 aromatic heterocycles. The van der Waals surface area contributed by atoms with Gasteiger partial charge in [0.05, 0.1) is 19.8 Å². The number of carbonyl (C=O) groups is 1. The highest BCUT2D eigenvalue weighted by molar-refractivity contribution is 7.09. The van der Waals surface area contributed by atoms with Gasteiger partial charge in [0.2, 0.25) is 5.91 Å². The summed E-state index contributed by atoms with van der Waals surface area (Å²) in [6.07, 6.45) is 2.42. The minimum absolute atomic E-state index is 0.0189. The zero-order valence-corrected chi connectivity index (χ0v) is 16.0. The standard InChI is InChI=1S/C20H26N2O3S/c1-24-19-9-3-2-6-16(19)12-21-20(23)15-22(13-17-7-4-10-25-17)14-18-8-5-11-26-18/h2-3,5-6,8-9,11,17H,4,7,10,12-15H2,1H3,(H,21,23)/t17-/m1/s1. The van der Waals surface area contributed by atoms with E-state index in [9.17, 15) is 4.79 Å². The maximum absolute atomic E-state index is 12.5. The molecule has 0 radical (unpaired) electrons. The van der Waals surface area contributed by atoms with E-state index in [-0.39, 0.29) is 12.0 Å². The molecule has 2 heterocycles. The largest absolute Gasteiger partial charge is 0.496 e. The van der Waals surface area contributed by atoms with E-state index in [1.807, 2.05) is 30.3 Å². The van der Waals surface area contributed by atoms with E-state index in [1.165, 1.54) is 4.88 Å². The Morgan fingerprint density at radius 2 is 2.23 bits per heavy atom. The number of hydrogen-bond donors (Lipinski definition) is 1. The summed E-state index contributed by atoms with van der Waals surface area (Å²) in [5, 5.41) is 5.08. The Labute approximate surface area is 158 Å². The first-order valence-electron chi connectivity index (χ1n) is 8.99. The minimum Gasteiger partial charge on any atom is -0.496 e. The second-order valence-electron chi connectivity index (χ2n) is 6.47. The first-order valence-corrected chi connectivity index (χ1v) is 9.87. The molecule has 2 aromatic rings. The van der Waals surface area contributed by atoms with E-state index in [0.717, 1.165) is 43.9 Å². The molecule has 6 heteroatoms. The molecular formula is C20H26N2O3S. The number of rotatable bonds is 9. The van der Waals surface area contributed by atoms with Gasteiger partial charge in [0.1, 0.15) is 5.75 Å². The number of nitrogens with zero attached hydrogens (tertiary/aromatic N) is 1. The van der Waals surface area contributed by atoms with Crippen LogP contribution in [0.1, 0.15) is 23.3 Å². The van der Waals surface area contributed by atoms with Crippen molar-refractivity contribution < 1.29 is 14.3 Å². The Morgan fingerprint density at radius 1 is 1.35 bits per heavy atom. The molecule has 140 valence electrons. The molecule has 1 saturated heterocycles. The molecule has 5 nitrogen and oxygen atoms in total. The highest BCUT2D eigenvalue weighted by Gasteiger charge is 2.21. The fourth-order valence-corrected chi connectivity index (χ4v) is 3.93. The monoisotopic (exact) mass is 374 g/mol. The summed E-state index contributed by atoms with van der Waals surface area (Å²) in [7, 11) is 1.64. The molecule has 1 fully saturated rings. The summed E-state index contributed by atoms with van der Waals surface area (Å²) in [5.74, 6) is 0.813. The Balaban J connectivity index is 1.55. The van der Waals surface area contributed by atoms with Crippen LogP contribution in [-0.2, 0) is 22.6 Å². The van der Waals surface area contributed by atoms with E-state index in [2.05, 4.69) is 21.7 Å². The number of benzene rings is 1. The molecular weight excluding hydrogens is 348 g/mol. The van der Waals surface area contributed by atoms with Gasteiger partial charge in [-0.1, -0.05) is 24.3 Å². The van der Waals surface area contributed by atoms with Crippen molar-refractivity contribution in [3.8, 4) is 5.75 Å². The van der Waals surface area contributed by atoms with Gasteiger partial charge in [-0.2, -0.15) is 0 Å². The van der Waals surface area contributed by atoms with Crippen molar-refractivity contribution in [2.24, 2.45) is 0 Å². The van der Waals surface area contributed by atoms with Gasteiger partial charge >= 0.3 is 0 Å². The highest BCUT2D eigenvalue weighted by atomic mass is 32.1. The lowest BCUT2D eigenvalue weighted by Gasteiger charge is -2.24. The van der Waals surface area contributed by atoms with Gasteiger partial charge in [-0.05, 0) is 30.4 Å². The fourth-order valence-electron chi connectivity index (χ4n) is 3.19. The van der Waals surface area contributed by atoms with Crippen molar-refractivity contribution in [3.05, 3.63) is 52.2 Å². The van der Waals surface area contributed by atoms with Gasteiger partial charge < -0.3 is 14.8 Å². The predicted octanol–water partition coefficient (Wildman–Crippen LogP) is 3.05. The number of para-hydroxylation sites is 1. The number of hydrogen-bond acceptors (Lipinski definition) is 5. The van der Waals surface area contributed by atoms with Crippen LogP contribution in [0.3, 0.4) is 0 Å². The van der Waals surface area contributed by atoms with Gasteiger partial charge in [-0.3, -0.25) is 9.69 Å². The van der Waals surface area contributed by atoms with Crippen molar-refractivity contribution in [2.75, 3.05) is 26.8 Å². The third-order valence-electron chi connectivity index (χ3n) is 4.48. The third kappa shape index (κ3) is 5.56. The van der Waals surface area contributed by atoms with Crippen LogP contribution >= 0.6 is 11.3 Å². The molecule has 0 unspecified atom stereocenters. The van der Waals surface area contributed by atoms with Crippen LogP contribution in [-0.4, -0.2) is 43.7 Å². The number of carbonyl (C=O) groups excluding carboxylic acids is 1. The quantitative estimate of drug-likeness (QED) is 0.733. The Morgan fingerprint density at radius 3 is 2.96 bits per heavy atom. The van der Waals surface area contributed by atoms with Crippen LogP contribution < -0.4 is 10.1 Å². The minimum atomic E-state index is 0.0189. The second-order valence-corrected chi connectivity index (χ2v) is 7.50. The van der Waals surface area contributed by atoms with Crippen LogP contribution in [0.15, 0.2) is 41.8 Å². The average Bonchev–Trinajstić information content (AvgIpc) is 3.34. The molecule has 1 amide bonds. The Bertz CT molecular complexity index is 684. The maximum Gasteiger partial charge on any atom is 0.234 e. The number of methoxy groups -OCH3 is 1. The molecule has 0 aliphatic carbocycles. The normalized spacial score (nSPS) is 16.8. The number of ether oxygens (including phenoxy) is 2. The zero-order valence-electron chi connectivity index (χ0n) is 15.1. The lowest BCUT2D eigenvalue weighted by Crippen LogP contribution is -2.40. The Kier molecular flexibility index (Phi) is 7.05. The molecule has 0 spiro atoms. The van der Waals surface area contributed by atoms with Crippen LogP contribution in [0.25, 0.3) is 0 Å². The fraction of sp³-hybridized carbons (Fsp3) is 0.450. The summed E-state index contributed by atoms with van der Waals surface area (Å²) in [6.45, 7) is 3.24. The average molecular weight is 375 g/mol. The summed E-state index contributed by atoms with van der Waals surface area (Å²) >= 11 is 1.72. The molecule has 1 aromatic carbocycles. The van der Waals surface area contributed by atoms with E-state index in [0.29, 0.717) is 13.1 Å². The molecule has 1 atom stereocenters. The van der Waals surface area contributed by atoms with Crippen molar-refractivity contribution in [2.45, 2.75) is 32.0 Å². The Hall–Kier alpha value is -1.89. The summed E-state index contributed by atoms with van der Waals surface area (Å²) in [5.41, 5.74) is 0.979. The smallest absolute Gasteiger partial charge is 0.234 e. The summed E-state index contributed by atoms with van der Waals surface area (Å²) < 4.78 is 11.1. The summed E-state index contributed by atoms with van der Waals surface area (Å²) in [6, 6.07) is 11.9. The second kappa shape index (κ2) is 9.71. The number of amides is 1.